The Balaban J connectivity index is 1.71. The lowest BCUT2D eigenvalue weighted by atomic mass is 9.67. The maximum Gasteiger partial charge on any atom is 0.139 e. The summed E-state index contributed by atoms with van der Waals surface area (Å²) in [6, 6.07) is 8.47. The molecule has 4 rings (SSSR count). The van der Waals surface area contributed by atoms with Gasteiger partial charge >= 0.3 is 0 Å². The summed E-state index contributed by atoms with van der Waals surface area (Å²) < 4.78 is 2.02. The smallest absolute Gasteiger partial charge is 0.139 e. The van der Waals surface area contributed by atoms with Gasteiger partial charge in [-0.2, -0.15) is 0 Å². The number of imidazole rings is 1. The fraction of sp³-hybridized carbons (Fsp3) is 0.130. The van der Waals surface area contributed by atoms with E-state index < -0.39 is 0 Å². The molecule has 0 saturated carbocycles. The molecule has 0 fully saturated rings. The largest absolute Gasteiger partial charge is 0.340 e. The van der Waals surface area contributed by atoms with Crippen molar-refractivity contribution in [3.8, 4) is 11.3 Å². The first kappa shape index (κ1) is 20.1. The molecule has 146 valence electrons. The first-order valence-electron chi connectivity index (χ1n) is 10.2. The van der Waals surface area contributed by atoms with Gasteiger partial charge in [0, 0.05) is 29.9 Å². The van der Waals surface area contributed by atoms with E-state index in [-0.39, 0.29) is 0 Å². The Hall–Kier alpha value is -3.21. The monoisotopic (exact) mass is 390 g/mol. The van der Waals surface area contributed by atoms with E-state index in [0.29, 0.717) is 0 Å². The number of aromatic nitrogens is 3. The molecule has 0 amide bonds. The van der Waals surface area contributed by atoms with E-state index in [1.165, 1.54) is 33.1 Å². The van der Waals surface area contributed by atoms with Gasteiger partial charge in [-0.25, -0.2) is 9.97 Å². The number of nitrogens with zero attached hydrogens (tertiary/aromatic N) is 3. The van der Waals surface area contributed by atoms with Crippen LogP contribution in [0.3, 0.4) is 0 Å². The van der Waals surface area contributed by atoms with Crippen molar-refractivity contribution in [3.05, 3.63) is 66.3 Å². The first-order valence-corrected chi connectivity index (χ1v) is 10.2. The average molecular weight is 390 g/mol. The van der Waals surface area contributed by atoms with Crippen LogP contribution in [0.15, 0.2) is 49.6 Å². The SMILES string of the molecule is Bc1c(B)c(C)c(C)c(C(=C)Nc2cc3cc(-c4cncn4C)ccc3cn2)c1B. The summed E-state index contributed by atoms with van der Waals surface area (Å²) >= 11 is 0. The van der Waals surface area contributed by atoms with E-state index in [4.69, 9.17) is 0 Å². The minimum absolute atomic E-state index is 0.796. The van der Waals surface area contributed by atoms with E-state index in [9.17, 15) is 0 Å². The van der Waals surface area contributed by atoms with Gasteiger partial charge in [0.05, 0.1) is 18.2 Å². The molecule has 0 aliphatic carbocycles. The topological polar surface area (TPSA) is 42.7 Å². The van der Waals surface area contributed by atoms with E-state index in [1.54, 1.807) is 0 Å². The maximum absolute atomic E-state index is 4.61. The third-order valence-corrected chi connectivity index (χ3v) is 6.41. The molecule has 0 atom stereocenters. The van der Waals surface area contributed by atoms with Crippen molar-refractivity contribution in [1.29, 1.82) is 0 Å². The highest BCUT2D eigenvalue weighted by atomic mass is 15.0. The summed E-state index contributed by atoms with van der Waals surface area (Å²) in [7, 11) is 8.55. The molecule has 0 unspecified atom stereocenters. The summed E-state index contributed by atoms with van der Waals surface area (Å²) in [6.45, 7) is 8.70. The fourth-order valence-corrected chi connectivity index (χ4v) is 4.17. The highest BCUT2D eigenvalue weighted by Gasteiger charge is 2.14. The van der Waals surface area contributed by atoms with Crippen molar-refractivity contribution >= 4 is 62.2 Å². The van der Waals surface area contributed by atoms with Crippen molar-refractivity contribution in [2.45, 2.75) is 13.8 Å². The Bertz CT molecular complexity index is 1280. The highest BCUT2D eigenvalue weighted by Crippen LogP contribution is 2.26. The van der Waals surface area contributed by atoms with Gasteiger partial charge in [-0.15, -0.1) is 5.46 Å². The number of fused-ring (bicyclic) bond motifs is 1. The number of anilines is 1. The Morgan fingerprint density at radius 2 is 1.73 bits per heavy atom. The Kier molecular flexibility index (Phi) is 5.06. The first-order chi connectivity index (χ1) is 14.3. The number of nitrogens with one attached hydrogen (secondary N) is 1. The van der Waals surface area contributed by atoms with Crippen LogP contribution in [0.5, 0.6) is 0 Å². The standard InChI is InChI=1S/C23H25B3N4/c1-12-13(2)21(24)23(26)22(25)20(12)14(3)29-19-8-17-7-15(5-6-16(17)9-28-19)18-10-27-11-30(18)4/h5-11H,3,24-26H2,1-2,4H3,(H,28,29). The lowest BCUT2D eigenvalue weighted by molar-refractivity contribution is 0.921. The maximum atomic E-state index is 4.61. The fourth-order valence-electron chi connectivity index (χ4n) is 4.17. The molecular weight excluding hydrogens is 365 g/mol. The molecule has 4 nitrogen and oxygen atoms in total. The van der Waals surface area contributed by atoms with Crippen molar-refractivity contribution in [1.82, 2.24) is 14.5 Å². The van der Waals surface area contributed by atoms with Crippen molar-refractivity contribution in [2.24, 2.45) is 7.05 Å². The van der Waals surface area contributed by atoms with Crippen molar-refractivity contribution in [2.75, 3.05) is 5.32 Å². The average Bonchev–Trinajstić information content (AvgIpc) is 3.16. The van der Waals surface area contributed by atoms with Gasteiger partial charge < -0.3 is 9.88 Å². The van der Waals surface area contributed by atoms with Crippen LogP contribution in [0.2, 0.25) is 0 Å². The highest BCUT2D eigenvalue weighted by molar-refractivity contribution is 6.58. The molecule has 0 radical (unpaired) electrons. The molecule has 2 aromatic carbocycles. The lowest BCUT2D eigenvalue weighted by Crippen LogP contribution is -2.43. The van der Waals surface area contributed by atoms with Crippen LogP contribution in [0.1, 0.15) is 16.7 Å². The van der Waals surface area contributed by atoms with Crippen LogP contribution in [0.25, 0.3) is 27.7 Å². The molecule has 4 aromatic rings. The van der Waals surface area contributed by atoms with Gasteiger partial charge in [-0.05, 0) is 42.5 Å². The quantitative estimate of drug-likeness (QED) is 0.504. The zero-order valence-corrected chi connectivity index (χ0v) is 18.6. The van der Waals surface area contributed by atoms with E-state index in [1.807, 2.05) is 30.3 Å². The Labute approximate surface area is 180 Å². The normalized spacial score (nSPS) is 11.0. The molecule has 0 spiro atoms. The molecule has 0 aliphatic heterocycles. The van der Waals surface area contributed by atoms with Crippen LogP contribution in [-0.4, -0.2) is 38.1 Å². The molecule has 1 N–H and O–H groups in total. The molecule has 0 saturated heterocycles. The summed E-state index contributed by atoms with van der Waals surface area (Å²) in [6.07, 6.45) is 5.61. The van der Waals surface area contributed by atoms with E-state index in [2.05, 4.69) is 83.5 Å². The second-order valence-electron chi connectivity index (χ2n) is 8.12. The van der Waals surface area contributed by atoms with Crippen LogP contribution in [0, 0.1) is 13.8 Å². The molecular formula is C23H25B3N4. The number of hydrogen-bond donors (Lipinski definition) is 1. The molecule has 0 aliphatic rings. The minimum atomic E-state index is 0.796. The van der Waals surface area contributed by atoms with Crippen LogP contribution >= 0.6 is 0 Å². The number of benzene rings is 2. The van der Waals surface area contributed by atoms with Gasteiger partial charge in [0.15, 0.2) is 0 Å². The van der Waals surface area contributed by atoms with Crippen molar-refractivity contribution < 1.29 is 0 Å². The van der Waals surface area contributed by atoms with Crippen LogP contribution < -0.4 is 21.7 Å². The summed E-state index contributed by atoms with van der Waals surface area (Å²) in [4.78, 5) is 8.85. The van der Waals surface area contributed by atoms with Crippen LogP contribution in [0.4, 0.5) is 5.82 Å². The molecule has 2 heterocycles. The van der Waals surface area contributed by atoms with Crippen molar-refractivity contribution in [3.63, 3.8) is 0 Å². The zero-order valence-electron chi connectivity index (χ0n) is 18.6. The minimum Gasteiger partial charge on any atom is -0.340 e. The summed E-state index contributed by atoms with van der Waals surface area (Å²) in [5.41, 5.74) is 10.8. The Morgan fingerprint density at radius 3 is 2.43 bits per heavy atom. The van der Waals surface area contributed by atoms with E-state index >= 15 is 0 Å². The van der Waals surface area contributed by atoms with Gasteiger partial charge in [0.1, 0.15) is 29.4 Å². The number of pyridine rings is 1. The zero-order chi connectivity index (χ0) is 21.6. The number of rotatable bonds is 4. The second-order valence-corrected chi connectivity index (χ2v) is 8.12. The second kappa shape index (κ2) is 7.56. The third kappa shape index (κ3) is 3.34. The predicted molar refractivity (Wildman–Crippen MR) is 137 cm³/mol. The molecule has 0 bridgehead atoms. The van der Waals surface area contributed by atoms with Gasteiger partial charge in [-0.1, -0.05) is 35.2 Å². The summed E-state index contributed by atoms with van der Waals surface area (Å²) in [5, 5.41) is 5.68. The molecule has 7 heteroatoms. The number of aryl methyl sites for hydroxylation is 1. The summed E-state index contributed by atoms with van der Waals surface area (Å²) in [5.74, 6) is 0.796. The number of hydrogen-bond acceptors (Lipinski definition) is 3. The van der Waals surface area contributed by atoms with E-state index in [0.717, 1.165) is 33.5 Å². The lowest BCUT2D eigenvalue weighted by Gasteiger charge is -2.21. The van der Waals surface area contributed by atoms with Crippen LogP contribution in [-0.2, 0) is 7.05 Å². The molecule has 30 heavy (non-hydrogen) atoms. The predicted octanol–water partition coefficient (Wildman–Crippen LogP) is 0.110. The van der Waals surface area contributed by atoms with Gasteiger partial charge in [-0.3, -0.25) is 0 Å². The third-order valence-electron chi connectivity index (χ3n) is 6.41. The Morgan fingerprint density at radius 1 is 0.967 bits per heavy atom. The van der Waals surface area contributed by atoms with Gasteiger partial charge in [0.2, 0.25) is 0 Å². The van der Waals surface area contributed by atoms with Gasteiger partial charge in [0.25, 0.3) is 0 Å². The molecule has 2 aromatic heterocycles.